The van der Waals surface area contributed by atoms with Crippen LogP contribution in [0, 0.1) is 5.41 Å². The van der Waals surface area contributed by atoms with E-state index in [1.807, 2.05) is 0 Å². The van der Waals surface area contributed by atoms with Crippen molar-refractivity contribution in [3.05, 3.63) is 29.8 Å². The summed E-state index contributed by atoms with van der Waals surface area (Å²) in [4.78, 5) is 23.2. The Labute approximate surface area is 106 Å². The number of esters is 1. The van der Waals surface area contributed by atoms with Gasteiger partial charge in [-0.3, -0.25) is 9.59 Å². The summed E-state index contributed by atoms with van der Waals surface area (Å²) >= 11 is 0. The van der Waals surface area contributed by atoms with Crippen molar-refractivity contribution < 1.29 is 14.3 Å². The zero-order valence-electron chi connectivity index (χ0n) is 10.8. The molecular formula is C13H18N2O3. The molecule has 0 radical (unpaired) electrons. The Kier molecular flexibility index (Phi) is 4.31. The number of anilines is 1. The molecule has 0 aromatic heterocycles. The number of carbonyl (C=O) groups is 2. The highest BCUT2D eigenvalue weighted by atomic mass is 16.5. The number of nitrogens with one attached hydrogen (secondary N) is 1. The molecule has 1 aromatic rings. The standard InChI is InChI=1S/C13H18N2O3/c1-13(2,12(17)18-3)8-15-11(16)9-4-6-10(14)7-5-9/h4-7H,8,14H2,1-3H3,(H,15,16). The van der Waals surface area contributed by atoms with Gasteiger partial charge < -0.3 is 15.8 Å². The second kappa shape index (κ2) is 5.53. The highest BCUT2D eigenvalue weighted by Crippen LogP contribution is 2.15. The van der Waals surface area contributed by atoms with Crippen LogP contribution < -0.4 is 11.1 Å². The SMILES string of the molecule is COC(=O)C(C)(C)CNC(=O)c1ccc(N)cc1. The second-order valence-electron chi connectivity index (χ2n) is 4.68. The first-order chi connectivity index (χ1) is 8.36. The van der Waals surface area contributed by atoms with E-state index in [0.717, 1.165) is 0 Å². The van der Waals surface area contributed by atoms with Crippen LogP contribution in [-0.2, 0) is 9.53 Å². The molecule has 1 rings (SSSR count). The van der Waals surface area contributed by atoms with Gasteiger partial charge in [0.05, 0.1) is 12.5 Å². The molecule has 0 aliphatic rings. The van der Waals surface area contributed by atoms with Crippen LogP contribution in [0.5, 0.6) is 0 Å². The minimum atomic E-state index is -0.752. The van der Waals surface area contributed by atoms with Gasteiger partial charge in [0.25, 0.3) is 5.91 Å². The van der Waals surface area contributed by atoms with Crippen molar-refractivity contribution in [2.75, 3.05) is 19.4 Å². The molecular weight excluding hydrogens is 232 g/mol. The largest absolute Gasteiger partial charge is 0.469 e. The van der Waals surface area contributed by atoms with Crippen LogP contribution in [0.1, 0.15) is 24.2 Å². The maximum atomic E-state index is 11.8. The Morgan fingerprint density at radius 3 is 2.33 bits per heavy atom. The molecule has 0 aliphatic carbocycles. The highest BCUT2D eigenvalue weighted by Gasteiger charge is 2.29. The maximum absolute atomic E-state index is 11.8. The Bertz CT molecular complexity index is 438. The third-order valence-corrected chi connectivity index (χ3v) is 2.60. The Morgan fingerprint density at radius 1 is 1.28 bits per heavy atom. The van der Waals surface area contributed by atoms with Gasteiger partial charge in [0.2, 0.25) is 0 Å². The molecule has 18 heavy (non-hydrogen) atoms. The van der Waals surface area contributed by atoms with Crippen LogP contribution in [0.3, 0.4) is 0 Å². The predicted molar refractivity (Wildman–Crippen MR) is 69.0 cm³/mol. The highest BCUT2D eigenvalue weighted by molar-refractivity contribution is 5.94. The molecule has 0 unspecified atom stereocenters. The van der Waals surface area contributed by atoms with Gasteiger partial charge in [0, 0.05) is 17.8 Å². The van der Waals surface area contributed by atoms with Crippen molar-refractivity contribution >= 4 is 17.6 Å². The quantitative estimate of drug-likeness (QED) is 0.621. The van der Waals surface area contributed by atoms with Crippen molar-refractivity contribution in [3.8, 4) is 0 Å². The number of benzene rings is 1. The molecule has 5 nitrogen and oxygen atoms in total. The van der Waals surface area contributed by atoms with Gasteiger partial charge in [0.15, 0.2) is 0 Å². The lowest BCUT2D eigenvalue weighted by Gasteiger charge is -2.21. The minimum Gasteiger partial charge on any atom is -0.469 e. The van der Waals surface area contributed by atoms with Crippen LogP contribution in [0.2, 0.25) is 0 Å². The van der Waals surface area contributed by atoms with Gasteiger partial charge in [-0.2, -0.15) is 0 Å². The summed E-state index contributed by atoms with van der Waals surface area (Å²) in [6, 6.07) is 6.58. The first-order valence-corrected chi connectivity index (χ1v) is 5.59. The van der Waals surface area contributed by atoms with Crippen molar-refractivity contribution in [3.63, 3.8) is 0 Å². The predicted octanol–water partition coefficient (Wildman–Crippen LogP) is 1.20. The molecule has 3 N–H and O–H groups in total. The van der Waals surface area contributed by atoms with E-state index in [2.05, 4.69) is 10.1 Å². The third-order valence-electron chi connectivity index (χ3n) is 2.60. The Morgan fingerprint density at radius 2 is 1.83 bits per heavy atom. The molecule has 1 aromatic carbocycles. The van der Waals surface area contributed by atoms with Gasteiger partial charge in [-0.1, -0.05) is 0 Å². The summed E-state index contributed by atoms with van der Waals surface area (Å²) in [5.74, 6) is -0.605. The zero-order valence-corrected chi connectivity index (χ0v) is 10.8. The molecule has 0 fully saturated rings. The number of nitrogen functional groups attached to an aromatic ring is 1. The van der Waals surface area contributed by atoms with Crippen LogP contribution in [0.15, 0.2) is 24.3 Å². The van der Waals surface area contributed by atoms with Crippen LogP contribution in [-0.4, -0.2) is 25.5 Å². The minimum absolute atomic E-state index is 0.211. The van der Waals surface area contributed by atoms with Crippen molar-refractivity contribution in [2.24, 2.45) is 5.41 Å². The number of hydrogen-bond donors (Lipinski definition) is 2. The van der Waals surface area contributed by atoms with Crippen molar-refractivity contribution in [1.29, 1.82) is 0 Å². The van der Waals surface area contributed by atoms with E-state index < -0.39 is 5.41 Å². The summed E-state index contributed by atoms with van der Waals surface area (Å²) in [5.41, 5.74) is 5.89. The average Bonchev–Trinajstić information content (AvgIpc) is 2.35. The molecule has 0 heterocycles. The molecule has 1 amide bonds. The monoisotopic (exact) mass is 250 g/mol. The van der Waals surface area contributed by atoms with Gasteiger partial charge in [-0.25, -0.2) is 0 Å². The van der Waals surface area contributed by atoms with Crippen LogP contribution >= 0.6 is 0 Å². The number of rotatable bonds is 4. The van der Waals surface area contributed by atoms with Gasteiger partial charge >= 0.3 is 5.97 Å². The number of ether oxygens (including phenoxy) is 1. The lowest BCUT2D eigenvalue weighted by Crippen LogP contribution is -2.39. The van der Waals surface area contributed by atoms with E-state index in [0.29, 0.717) is 11.3 Å². The van der Waals surface area contributed by atoms with E-state index >= 15 is 0 Å². The van der Waals surface area contributed by atoms with Crippen molar-refractivity contribution in [1.82, 2.24) is 5.32 Å². The van der Waals surface area contributed by atoms with Crippen molar-refractivity contribution in [2.45, 2.75) is 13.8 Å². The summed E-state index contributed by atoms with van der Waals surface area (Å²) in [7, 11) is 1.33. The Balaban J connectivity index is 2.61. The molecule has 0 saturated carbocycles. The second-order valence-corrected chi connectivity index (χ2v) is 4.68. The number of nitrogens with two attached hydrogens (primary N) is 1. The lowest BCUT2D eigenvalue weighted by atomic mass is 9.93. The first kappa shape index (κ1) is 14.0. The topological polar surface area (TPSA) is 81.4 Å². The summed E-state index contributed by atoms with van der Waals surface area (Å²) in [6.45, 7) is 3.63. The smallest absolute Gasteiger partial charge is 0.313 e. The van der Waals surface area contributed by atoms with Crippen LogP contribution in [0.25, 0.3) is 0 Å². The summed E-state index contributed by atoms with van der Waals surface area (Å²) in [5, 5.41) is 2.69. The third kappa shape index (κ3) is 3.48. The number of hydrogen-bond acceptors (Lipinski definition) is 4. The summed E-state index contributed by atoms with van der Waals surface area (Å²) in [6.07, 6.45) is 0. The lowest BCUT2D eigenvalue weighted by molar-refractivity contribution is -0.150. The molecule has 0 saturated heterocycles. The fraction of sp³-hybridized carbons (Fsp3) is 0.385. The molecule has 98 valence electrons. The van der Waals surface area contributed by atoms with Gasteiger partial charge in [-0.15, -0.1) is 0 Å². The van der Waals surface area contributed by atoms with E-state index in [-0.39, 0.29) is 18.4 Å². The van der Waals surface area contributed by atoms with Gasteiger partial charge in [0.1, 0.15) is 0 Å². The van der Waals surface area contributed by atoms with Crippen LogP contribution in [0.4, 0.5) is 5.69 Å². The number of carbonyl (C=O) groups excluding carboxylic acids is 2. The maximum Gasteiger partial charge on any atom is 0.313 e. The zero-order chi connectivity index (χ0) is 13.8. The number of methoxy groups -OCH3 is 1. The molecule has 0 aliphatic heterocycles. The van der Waals surface area contributed by atoms with E-state index in [4.69, 9.17) is 5.73 Å². The van der Waals surface area contributed by atoms with E-state index in [1.54, 1.807) is 38.1 Å². The van der Waals surface area contributed by atoms with Gasteiger partial charge in [-0.05, 0) is 38.1 Å². The average molecular weight is 250 g/mol. The Hall–Kier alpha value is -2.04. The first-order valence-electron chi connectivity index (χ1n) is 5.59. The number of amides is 1. The molecule has 5 heteroatoms. The van der Waals surface area contributed by atoms with E-state index in [1.165, 1.54) is 7.11 Å². The normalized spacial score (nSPS) is 10.8. The summed E-state index contributed by atoms with van der Waals surface area (Å²) < 4.78 is 4.66. The fourth-order valence-corrected chi connectivity index (χ4v) is 1.39. The van der Waals surface area contributed by atoms with E-state index in [9.17, 15) is 9.59 Å². The molecule has 0 bridgehead atoms. The molecule has 0 atom stereocenters. The fourth-order valence-electron chi connectivity index (χ4n) is 1.39. The molecule has 0 spiro atoms.